The molecule has 0 N–H and O–H groups in total. The Morgan fingerprint density at radius 2 is 2.08 bits per heavy atom. The molecule has 1 aliphatic heterocycles. The Hall–Kier alpha value is -1.68. The second-order valence-electron chi connectivity index (χ2n) is 8.48. The molecule has 1 aromatic heterocycles. The van der Waals surface area contributed by atoms with Crippen LogP contribution < -0.4 is 0 Å². The van der Waals surface area contributed by atoms with Gasteiger partial charge >= 0.3 is 0 Å². The number of hydrogen-bond donors (Lipinski definition) is 0. The van der Waals surface area contributed by atoms with Gasteiger partial charge in [0.05, 0.1) is 12.2 Å². The molecule has 4 aliphatic rings. The summed E-state index contributed by atoms with van der Waals surface area (Å²) >= 11 is 0. The van der Waals surface area contributed by atoms with E-state index in [9.17, 15) is 4.79 Å². The van der Waals surface area contributed by atoms with E-state index in [0.717, 1.165) is 43.7 Å². The molecular weight excluding hydrogens is 310 g/mol. The lowest BCUT2D eigenvalue weighted by molar-refractivity contribution is -0.131. The van der Waals surface area contributed by atoms with Crippen LogP contribution in [0.1, 0.15) is 38.8 Å². The maximum atomic E-state index is 12.5. The highest BCUT2D eigenvalue weighted by molar-refractivity contribution is 5.76. The molecule has 2 atom stereocenters. The molecule has 1 amide bonds. The number of carbonyl (C=O) groups is 1. The molecule has 2 bridgehead atoms. The van der Waals surface area contributed by atoms with Crippen LogP contribution >= 0.6 is 0 Å². The second kappa shape index (κ2) is 6.56. The number of hydrogen-bond acceptors (Lipinski definition) is 3. The molecule has 3 aliphatic carbocycles. The van der Waals surface area contributed by atoms with Crippen LogP contribution in [-0.2, 0) is 11.3 Å². The highest BCUT2D eigenvalue weighted by Gasteiger charge is 2.51. The Morgan fingerprint density at radius 1 is 1.20 bits per heavy atom. The van der Waals surface area contributed by atoms with Crippen LogP contribution in [-0.4, -0.2) is 46.9 Å². The smallest absolute Gasteiger partial charge is 0.224 e. The number of carbonyl (C=O) groups excluding carboxylic acids is 1. The number of rotatable bonds is 4. The molecule has 4 nitrogen and oxygen atoms in total. The topological polar surface area (TPSA) is 36.4 Å². The van der Waals surface area contributed by atoms with E-state index in [-0.39, 0.29) is 5.91 Å². The predicted octanol–water partition coefficient (Wildman–Crippen LogP) is 3.11. The highest BCUT2D eigenvalue weighted by atomic mass is 16.2. The van der Waals surface area contributed by atoms with Gasteiger partial charge in [-0.15, -0.1) is 0 Å². The molecule has 1 aromatic rings. The van der Waals surface area contributed by atoms with Crippen LogP contribution in [0.15, 0.2) is 36.0 Å². The Labute approximate surface area is 150 Å². The van der Waals surface area contributed by atoms with Crippen molar-refractivity contribution in [1.82, 2.24) is 14.8 Å². The van der Waals surface area contributed by atoms with E-state index in [1.807, 2.05) is 23.1 Å². The van der Waals surface area contributed by atoms with E-state index >= 15 is 0 Å². The molecule has 134 valence electrons. The first kappa shape index (κ1) is 16.8. The van der Waals surface area contributed by atoms with Gasteiger partial charge < -0.3 is 4.90 Å². The Kier molecular flexibility index (Phi) is 4.40. The van der Waals surface area contributed by atoms with Crippen molar-refractivity contribution in [2.24, 2.45) is 17.3 Å². The highest BCUT2D eigenvalue weighted by Crippen LogP contribution is 2.59. The number of fused-ring (bicyclic) bond motifs is 1. The number of amides is 1. The first-order valence-corrected chi connectivity index (χ1v) is 9.63. The number of nitrogens with zero attached hydrogens (tertiary/aromatic N) is 3. The third kappa shape index (κ3) is 3.24. The molecule has 1 saturated heterocycles. The zero-order valence-corrected chi connectivity index (χ0v) is 15.4. The van der Waals surface area contributed by atoms with E-state index in [1.165, 1.54) is 12.8 Å². The van der Waals surface area contributed by atoms with Gasteiger partial charge in [-0.2, -0.15) is 0 Å². The van der Waals surface area contributed by atoms with Crippen molar-refractivity contribution in [3.05, 3.63) is 41.7 Å². The van der Waals surface area contributed by atoms with E-state index in [1.54, 1.807) is 11.8 Å². The van der Waals surface area contributed by atoms with Crippen molar-refractivity contribution in [1.29, 1.82) is 0 Å². The number of allylic oxidation sites excluding steroid dienone is 1. The summed E-state index contributed by atoms with van der Waals surface area (Å²) in [6.45, 7) is 9.19. The van der Waals surface area contributed by atoms with Gasteiger partial charge in [-0.25, -0.2) is 0 Å². The number of aromatic nitrogens is 1. The van der Waals surface area contributed by atoms with Crippen LogP contribution in [0.3, 0.4) is 0 Å². The molecule has 5 rings (SSSR count). The molecule has 2 fully saturated rings. The molecule has 0 spiro atoms. The largest absolute Gasteiger partial charge is 0.335 e. The van der Waals surface area contributed by atoms with Gasteiger partial charge in [0, 0.05) is 38.8 Å². The maximum absolute atomic E-state index is 12.5. The summed E-state index contributed by atoms with van der Waals surface area (Å²) in [7, 11) is 0. The summed E-state index contributed by atoms with van der Waals surface area (Å²) in [5.41, 5.74) is 3.08. The van der Waals surface area contributed by atoms with E-state index in [4.69, 9.17) is 0 Å². The van der Waals surface area contributed by atoms with Crippen molar-refractivity contribution >= 4 is 5.91 Å². The maximum Gasteiger partial charge on any atom is 0.224 e. The minimum Gasteiger partial charge on any atom is -0.335 e. The SMILES string of the molecule is CC1(C)[C@H]2CC=C(CN3CCC(=O)N(Cc4ccccn4)CC3)[C@@H]1C2. The van der Waals surface area contributed by atoms with Crippen molar-refractivity contribution < 1.29 is 4.79 Å². The third-order valence-electron chi connectivity index (χ3n) is 6.75. The van der Waals surface area contributed by atoms with Crippen molar-refractivity contribution in [2.45, 2.75) is 39.7 Å². The van der Waals surface area contributed by atoms with Crippen LogP contribution in [0.25, 0.3) is 0 Å². The fourth-order valence-corrected chi connectivity index (χ4v) is 4.84. The summed E-state index contributed by atoms with van der Waals surface area (Å²) in [6.07, 6.45) is 7.53. The molecular formula is C21H29N3O. The minimum absolute atomic E-state index is 0.259. The molecule has 1 saturated carbocycles. The average molecular weight is 339 g/mol. The van der Waals surface area contributed by atoms with Gasteiger partial charge in [0.25, 0.3) is 0 Å². The van der Waals surface area contributed by atoms with E-state index < -0.39 is 0 Å². The van der Waals surface area contributed by atoms with E-state index in [2.05, 4.69) is 29.8 Å². The monoisotopic (exact) mass is 339 g/mol. The zero-order chi connectivity index (χ0) is 17.4. The van der Waals surface area contributed by atoms with Gasteiger partial charge in [-0.3, -0.25) is 14.7 Å². The van der Waals surface area contributed by atoms with Crippen LogP contribution in [0, 0.1) is 17.3 Å². The van der Waals surface area contributed by atoms with Gasteiger partial charge in [0.1, 0.15) is 0 Å². The van der Waals surface area contributed by atoms with Gasteiger partial charge in [0.2, 0.25) is 5.91 Å². The van der Waals surface area contributed by atoms with Crippen molar-refractivity contribution in [3.8, 4) is 0 Å². The second-order valence-corrected chi connectivity index (χ2v) is 8.48. The van der Waals surface area contributed by atoms with Gasteiger partial charge in [-0.05, 0) is 42.2 Å². The Balaban J connectivity index is 1.36. The Bertz CT molecular complexity index is 667. The van der Waals surface area contributed by atoms with Crippen LogP contribution in [0.4, 0.5) is 0 Å². The quantitative estimate of drug-likeness (QED) is 0.791. The summed E-state index contributed by atoms with van der Waals surface area (Å²) in [6, 6.07) is 5.90. The lowest BCUT2D eigenvalue weighted by atomic mass is 9.49. The summed E-state index contributed by atoms with van der Waals surface area (Å²) in [5, 5.41) is 0. The third-order valence-corrected chi connectivity index (χ3v) is 6.75. The molecule has 4 heteroatoms. The summed E-state index contributed by atoms with van der Waals surface area (Å²) < 4.78 is 0. The molecule has 25 heavy (non-hydrogen) atoms. The fourth-order valence-electron chi connectivity index (χ4n) is 4.84. The van der Waals surface area contributed by atoms with Gasteiger partial charge in [-0.1, -0.05) is 31.6 Å². The first-order chi connectivity index (χ1) is 12.0. The first-order valence-electron chi connectivity index (χ1n) is 9.63. The normalized spacial score (nSPS) is 29.0. The number of pyridine rings is 1. The standard InChI is InChI=1S/C21H29N3O/c1-21(2)17-7-6-16(19(21)13-17)14-23-10-8-20(25)24(12-11-23)15-18-5-3-4-9-22-18/h3-6,9,17,19H,7-8,10-15H2,1-2H3/t17-,19-/m0/s1. The van der Waals surface area contributed by atoms with Crippen LogP contribution in [0.5, 0.6) is 0 Å². The van der Waals surface area contributed by atoms with Crippen molar-refractivity contribution in [2.75, 3.05) is 26.2 Å². The van der Waals surface area contributed by atoms with Crippen LogP contribution in [0.2, 0.25) is 0 Å². The lowest BCUT2D eigenvalue weighted by Crippen LogP contribution is -2.50. The predicted molar refractivity (Wildman–Crippen MR) is 98.8 cm³/mol. The molecule has 0 unspecified atom stereocenters. The average Bonchev–Trinajstić information content (AvgIpc) is 2.79. The molecule has 0 radical (unpaired) electrons. The van der Waals surface area contributed by atoms with E-state index in [0.29, 0.717) is 18.4 Å². The summed E-state index contributed by atoms with van der Waals surface area (Å²) in [4.78, 5) is 21.3. The lowest BCUT2D eigenvalue weighted by Gasteiger charge is -2.57. The fraction of sp³-hybridized carbons (Fsp3) is 0.619. The summed E-state index contributed by atoms with van der Waals surface area (Å²) in [5.74, 6) is 1.91. The van der Waals surface area contributed by atoms with Crippen molar-refractivity contribution in [3.63, 3.8) is 0 Å². The van der Waals surface area contributed by atoms with Gasteiger partial charge in [0.15, 0.2) is 0 Å². The zero-order valence-electron chi connectivity index (χ0n) is 15.4. The minimum atomic E-state index is 0.259. The Morgan fingerprint density at radius 3 is 2.80 bits per heavy atom. The molecule has 0 aromatic carbocycles. The molecule has 2 heterocycles.